The minimum atomic E-state index is -3.39. The minimum absolute atomic E-state index is 0.305. The van der Waals surface area contributed by atoms with E-state index in [0.717, 1.165) is 16.2 Å². The highest BCUT2D eigenvalue weighted by molar-refractivity contribution is 8.03. The Balaban J connectivity index is 2.07. The summed E-state index contributed by atoms with van der Waals surface area (Å²) >= 11 is 1.35. The summed E-state index contributed by atoms with van der Waals surface area (Å²) in [5.74, 6) is 0.774. The number of hydrogen-bond acceptors (Lipinski definition) is 4. The maximum atomic E-state index is 12.1. The molecule has 0 bridgehead atoms. The number of ether oxygens (including phenoxy) is 1. The fourth-order valence-electron chi connectivity index (χ4n) is 1.64. The number of hydrogen-bond donors (Lipinski definition) is 0. The molecule has 0 aliphatic carbocycles. The summed E-state index contributed by atoms with van der Waals surface area (Å²) in [5.41, 5.74) is 1.03. The molecule has 0 N–H and O–H groups in total. The molecule has 0 aliphatic heterocycles. The number of sulfone groups is 1. The predicted molar refractivity (Wildman–Crippen MR) is 86.4 cm³/mol. The molecule has 0 saturated carbocycles. The van der Waals surface area contributed by atoms with E-state index in [-0.39, 0.29) is 0 Å². The van der Waals surface area contributed by atoms with Crippen LogP contribution in [0.1, 0.15) is 5.56 Å². The molecule has 110 valence electrons. The maximum Gasteiger partial charge on any atom is 0.200 e. The van der Waals surface area contributed by atoms with Crippen molar-refractivity contribution in [1.82, 2.24) is 0 Å². The second-order valence-electron chi connectivity index (χ2n) is 4.42. The molecule has 0 fully saturated rings. The molecular weight excluding hydrogens is 304 g/mol. The molecule has 0 aliphatic rings. The Morgan fingerprint density at radius 2 is 1.62 bits per heavy atom. The van der Waals surface area contributed by atoms with E-state index in [9.17, 15) is 8.42 Å². The molecule has 0 spiro atoms. The van der Waals surface area contributed by atoms with Crippen molar-refractivity contribution in [2.75, 3.05) is 7.11 Å². The zero-order valence-corrected chi connectivity index (χ0v) is 13.4. The molecule has 3 nitrogen and oxygen atoms in total. The summed E-state index contributed by atoms with van der Waals surface area (Å²) < 4.78 is 29.3. The summed E-state index contributed by atoms with van der Waals surface area (Å²) in [5, 5.41) is 2.81. The van der Waals surface area contributed by atoms with E-state index >= 15 is 0 Å². The van der Waals surface area contributed by atoms with Gasteiger partial charge in [-0.05, 0) is 48.7 Å². The molecule has 0 saturated heterocycles. The first kappa shape index (κ1) is 15.7. The van der Waals surface area contributed by atoms with Crippen molar-refractivity contribution in [1.29, 1.82) is 0 Å². The lowest BCUT2D eigenvalue weighted by molar-refractivity contribution is 0.414. The Bertz CT molecular complexity index is 715. The van der Waals surface area contributed by atoms with Crippen LogP contribution in [0.5, 0.6) is 5.75 Å². The van der Waals surface area contributed by atoms with Crippen molar-refractivity contribution >= 4 is 21.6 Å². The van der Waals surface area contributed by atoms with Gasteiger partial charge in [-0.2, -0.15) is 0 Å². The number of aryl methyl sites for hydroxylation is 1. The van der Waals surface area contributed by atoms with E-state index in [1.54, 1.807) is 36.8 Å². The number of methoxy groups -OCH3 is 1. The van der Waals surface area contributed by atoms with Gasteiger partial charge in [-0.1, -0.05) is 29.5 Å². The number of rotatable bonds is 5. The third-order valence-electron chi connectivity index (χ3n) is 2.85. The van der Waals surface area contributed by atoms with Gasteiger partial charge in [0, 0.05) is 10.3 Å². The smallest absolute Gasteiger partial charge is 0.200 e. The SMILES string of the molecule is COc1ccc(S/C=C\S(=O)(=O)c2ccc(C)cc2)cc1. The lowest BCUT2D eigenvalue weighted by atomic mass is 10.2. The lowest BCUT2D eigenvalue weighted by Crippen LogP contribution is -1.95. The third kappa shape index (κ3) is 4.37. The highest BCUT2D eigenvalue weighted by Gasteiger charge is 2.09. The van der Waals surface area contributed by atoms with Crippen molar-refractivity contribution in [3.8, 4) is 5.75 Å². The summed E-state index contributed by atoms with van der Waals surface area (Å²) in [6, 6.07) is 14.3. The normalized spacial score (nSPS) is 11.7. The molecule has 0 unspecified atom stereocenters. The standard InChI is InChI=1S/C16H16O3S2/c1-13-3-9-16(10-4-13)21(17,18)12-11-20-15-7-5-14(19-2)6-8-15/h3-12H,1-2H3/b12-11-. The van der Waals surface area contributed by atoms with Crippen LogP contribution < -0.4 is 4.74 Å². The van der Waals surface area contributed by atoms with Crippen molar-refractivity contribution < 1.29 is 13.2 Å². The van der Waals surface area contributed by atoms with Crippen LogP contribution in [0.2, 0.25) is 0 Å². The molecule has 0 amide bonds. The summed E-state index contributed by atoms with van der Waals surface area (Å²) in [6.07, 6.45) is 0. The third-order valence-corrected chi connectivity index (χ3v) is 5.26. The predicted octanol–water partition coefficient (Wildman–Crippen LogP) is 4.04. The van der Waals surface area contributed by atoms with Crippen LogP contribution in [0, 0.1) is 6.92 Å². The van der Waals surface area contributed by atoms with Crippen molar-refractivity contribution in [2.24, 2.45) is 0 Å². The molecule has 2 aromatic carbocycles. The van der Waals surface area contributed by atoms with Gasteiger partial charge in [-0.25, -0.2) is 8.42 Å². The molecule has 0 aromatic heterocycles. The minimum Gasteiger partial charge on any atom is -0.497 e. The summed E-state index contributed by atoms with van der Waals surface area (Å²) in [7, 11) is -1.78. The van der Waals surface area contributed by atoms with E-state index in [2.05, 4.69) is 0 Å². The van der Waals surface area contributed by atoms with Gasteiger partial charge in [0.25, 0.3) is 0 Å². The molecule has 2 rings (SSSR count). The van der Waals surface area contributed by atoms with E-state index in [1.165, 1.54) is 17.2 Å². The Kier molecular flexibility index (Phi) is 5.09. The summed E-state index contributed by atoms with van der Waals surface area (Å²) in [6.45, 7) is 1.92. The topological polar surface area (TPSA) is 43.4 Å². The second kappa shape index (κ2) is 6.83. The zero-order valence-electron chi connectivity index (χ0n) is 11.8. The van der Waals surface area contributed by atoms with Gasteiger partial charge >= 0.3 is 0 Å². The Morgan fingerprint density at radius 1 is 1.00 bits per heavy atom. The highest BCUT2D eigenvalue weighted by atomic mass is 32.2. The first-order chi connectivity index (χ1) is 10.0. The monoisotopic (exact) mass is 320 g/mol. The fourth-order valence-corrected chi connectivity index (χ4v) is 3.57. The molecule has 0 heterocycles. The van der Waals surface area contributed by atoms with Crippen LogP contribution in [0.25, 0.3) is 0 Å². The Labute approximate surface area is 129 Å². The van der Waals surface area contributed by atoms with Crippen LogP contribution in [0.3, 0.4) is 0 Å². The van der Waals surface area contributed by atoms with Gasteiger partial charge in [0.1, 0.15) is 5.75 Å². The van der Waals surface area contributed by atoms with Crippen molar-refractivity contribution in [2.45, 2.75) is 16.7 Å². The van der Waals surface area contributed by atoms with Crippen LogP contribution in [0.4, 0.5) is 0 Å². The van der Waals surface area contributed by atoms with Gasteiger partial charge in [-0.3, -0.25) is 0 Å². The van der Waals surface area contributed by atoms with Crippen LogP contribution in [-0.4, -0.2) is 15.5 Å². The van der Waals surface area contributed by atoms with E-state index in [4.69, 9.17) is 4.74 Å². The van der Waals surface area contributed by atoms with Gasteiger partial charge in [0.15, 0.2) is 9.84 Å². The molecule has 21 heavy (non-hydrogen) atoms. The van der Waals surface area contributed by atoms with Crippen LogP contribution in [0.15, 0.2) is 69.1 Å². The average Bonchev–Trinajstić information content (AvgIpc) is 2.48. The van der Waals surface area contributed by atoms with E-state index in [1.807, 2.05) is 31.2 Å². The van der Waals surface area contributed by atoms with Crippen LogP contribution >= 0.6 is 11.8 Å². The van der Waals surface area contributed by atoms with Gasteiger partial charge in [-0.15, -0.1) is 0 Å². The quantitative estimate of drug-likeness (QED) is 0.780. The lowest BCUT2D eigenvalue weighted by Gasteiger charge is -2.01. The summed E-state index contributed by atoms with van der Waals surface area (Å²) in [4.78, 5) is 1.26. The first-order valence-electron chi connectivity index (χ1n) is 6.30. The fraction of sp³-hybridized carbons (Fsp3) is 0.125. The molecule has 2 aromatic rings. The molecule has 5 heteroatoms. The van der Waals surface area contributed by atoms with E-state index < -0.39 is 9.84 Å². The van der Waals surface area contributed by atoms with Gasteiger partial charge < -0.3 is 4.74 Å². The second-order valence-corrected chi connectivity index (χ2v) is 7.24. The first-order valence-corrected chi connectivity index (χ1v) is 8.73. The van der Waals surface area contributed by atoms with Gasteiger partial charge in [0.2, 0.25) is 0 Å². The highest BCUT2D eigenvalue weighted by Crippen LogP contribution is 2.23. The van der Waals surface area contributed by atoms with Crippen LogP contribution in [-0.2, 0) is 9.84 Å². The Morgan fingerprint density at radius 3 is 2.19 bits per heavy atom. The largest absolute Gasteiger partial charge is 0.497 e. The molecule has 0 atom stereocenters. The zero-order chi connectivity index (χ0) is 15.3. The van der Waals surface area contributed by atoms with Crippen molar-refractivity contribution in [3.63, 3.8) is 0 Å². The Hall–Kier alpha value is -1.72. The molecule has 0 radical (unpaired) electrons. The van der Waals surface area contributed by atoms with Crippen molar-refractivity contribution in [3.05, 3.63) is 64.9 Å². The average molecular weight is 320 g/mol. The van der Waals surface area contributed by atoms with Gasteiger partial charge in [0.05, 0.1) is 12.0 Å². The number of thioether (sulfide) groups is 1. The number of benzene rings is 2. The van der Waals surface area contributed by atoms with E-state index in [0.29, 0.717) is 4.90 Å². The maximum absolute atomic E-state index is 12.1. The molecular formula is C16H16O3S2.